The summed E-state index contributed by atoms with van der Waals surface area (Å²) in [6.07, 6.45) is 2.19. The minimum atomic E-state index is -0.961. The Morgan fingerprint density at radius 2 is 2.11 bits per heavy atom. The smallest absolute Gasteiger partial charge is 0.323 e. The normalized spacial score (nSPS) is 14.3. The van der Waals surface area contributed by atoms with Crippen molar-refractivity contribution in [3.8, 4) is 0 Å². The first-order chi connectivity index (χ1) is 8.56. The standard InChI is InChI=1S/C14H17NO3/c1-10-3-2-4-12(7-10)14(18)15(9-13(16)17)8-11-5-6-11/h2-4,7,11H,5-6,8-9H2,1H3,(H,16,17). The fraction of sp³-hybridized carbons (Fsp3) is 0.429. The maximum absolute atomic E-state index is 12.3. The van der Waals surface area contributed by atoms with Crippen LogP contribution in [0.25, 0.3) is 0 Å². The van der Waals surface area contributed by atoms with Crippen LogP contribution in [0.4, 0.5) is 0 Å². The van der Waals surface area contributed by atoms with Gasteiger partial charge in [-0.1, -0.05) is 17.7 Å². The van der Waals surface area contributed by atoms with E-state index >= 15 is 0 Å². The van der Waals surface area contributed by atoms with Crippen LogP contribution in [-0.2, 0) is 4.79 Å². The van der Waals surface area contributed by atoms with Crippen molar-refractivity contribution >= 4 is 11.9 Å². The third-order valence-corrected chi connectivity index (χ3v) is 3.05. The molecule has 1 saturated carbocycles. The molecule has 1 aliphatic rings. The van der Waals surface area contributed by atoms with E-state index in [9.17, 15) is 9.59 Å². The number of hydrogen-bond donors (Lipinski definition) is 1. The van der Waals surface area contributed by atoms with E-state index in [1.54, 1.807) is 12.1 Å². The predicted molar refractivity (Wildman–Crippen MR) is 67.4 cm³/mol. The summed E-state index contributed by atoms with van der Waals surface area (Å²) in [7, 11) is 0. The lowest BCUT2D eigenvalue weighted by Gasteiger charge is -2.20. The van der Waals surface area contributed by atoms with E-state index < -0.39 is 5.97 Å². The van der Waals surface area contributed by atoms with Crippen molar-refractivity contribution in [2.45, 2.75) is 19.8 Å². The van der Waals surface area contributed by atoms with Crippen LogP contribution in [-0.4, -0.2) is 35.0 Å². The van der Waals surface area contributed by atoms with Crippen LogP contribution in [0.5, 0.6) is 0 Å². The lowest BCUT2D eigenvalue weighted by Crippen LogP contribution is -2.37. The van der Waals surface area contributed by atoms with E-state index in [2.05, 4.69) is 0 Å². The molecule has 0 saturated heterocycles. The van der Waals surface area contributed by atoms with Gasteiger partial charge in [0, 0.05) is 12.1 Å². The van der Waals surface area contributed by atoms with Gasteiger partial charge in [-0.05, 0) is 37.8 Å². The maximum Gasteiger partial charge on any atom is 0.323 e. The van der Waals surface area contributed by atoms with Crippen LogP contribution >= 0.6 is 0 Å². The highest BCUT2D eigenvalue weighted by Crippen LogP contribution is 2.30. The molecule has 0 unspecified atom stereocenters. The lowest BCUT2D eigenvalue weighted by molar-refractivity contribution is -0.137. The van der Waals surface area contributed by atoms with Gasteiger partial charge in [-0.15, -0.1) is 0 Å². The van der Waals surface area contributed by atoms with E-state index in [1.165, 1.54) is 4.90 Å². The number of carbonyl (C=O) groups is 2. The summed E-state index contributed by atoms with van der Waals surface area (Å²) in [6, 6.07) is 7.26. The van der Waals surface area contributed by atoms with Crippen molar-refractivity contribution in [3.05, 3.63) is 35.4 Å². The topological polar surface area (TPSA) is 57.6 Å². The summed E-state index contributed by atoms with van der Waals surface area (Å²) in [5.41, 5.74) is 1.57. The van der Waals surface area contributed by atoms with Crippen molar-refractivity contribution in [1.82, 2.24) is 4.90 Å². The minimum Gasteiger partial charge on any atom is -0.480 e. The Bertz CT molecular complexity index is 466. The molecule has 1 aromatic carbocycles. The van der Waals surface area contributed by atoms with Gasteiger partial charge >= 0.3 is 5.97 Å². The molecular formula is C14H17NO3. The van der Waals surface area contributed by atoms with Crippen molar-refractivity contribution in [1.29, 1.82) is 0 Å². The second-order valence-electron chi connectivity index (χ2n) is 4.89. The summed E-state index contributed by atoms with van der Waals surface area (Å²) in [5, 5.41) is 8.87. The summed E-state index contributed by atoms with van der Waals surface area (Å²) >= 11 is 0. The van der Waals surface area contributed by atoms with Crippen LogP contribution < -0.4 is 0 Å². The molecule has 0 radical (unpaired) electrons. The average molecular weight is 247 g/mol. The van der Waals surface area contributed by atoms with Crippen molar-refractivity contribution < 1.29 is 14.7 Å². The minimum absolute atomic E-state index is 0.187. The fourth-order valence-electron chi connectivity index (χ4n) is 1.96. The van der Waals surface area contributed by atoms with E-state index in [0.29, 0.717) is 18.0 Å². The maximum atomic E-state index is 12.3. The summed E-state index contributed by atoms with van der Waals surface area (Å²) < 4.78 is 0. The molecule has 0 bridgehead atoms. The number of carboxylic acid groups (broad SMARTS) is 1. The molecule has 1 N–H and O–H groups in total. The second kappa shape index (κ2) is 5.21. The number of hydrogen-bond acceptors (Lipinski definition) is 2. The highest BCUT2D eigenvalue weighted by Gasteiger charge is 2.28. The van der Waals surface area contributed by atoms with Gasteiger partial charge in [0.25, 0.3) is 5.91 Å². The van der Waals surface area contributed by atoms with Gasteiger partial charge in [-0.25, -0.2) is 0 Å². The SMILES string of the molecule is Cc1cccc(C(=O)N(CC(=O)O)CC2CC2)c1. The van der Waals surface area contributed by atoms with Crippen molar-refractivity contribution in [3.63, 3.8) is 0 Å². The first-order valence-corrected chi connectivity index (χ1v) is 6.14. The highest BCUT2D eigenvalue weighted by molar-refractivity contribution is 5.96. The molecule has 1 amide bonds. The van der Waals surface area contributed by atoms with Gasteiger partial charge in [-0.3, -0.25) is 9.59 Å². The largest absolute Gasteiger partial charge is 0.480 e. The van der Waals surface area contributed by atoms with Crippen molar-refractivity contribution in [2.75, 3.05) is 13.1 Å². The van der Waals surface area contributed by atoms with E-state index in [4.69, 9.17) is 5.11 Å². The zero-order chi connectivity index (χ0) is 13.1. The third kappa shape index (κ3) is 3.32. The molecule has 1 aromatic rings. The molecule has 0 spiro atoms. The molecule has 2 rings (SSSR count). The molecule has 1 aliphatic carbocycles. The molecule has 1 fully saturated rings. The van der Waals surface area contributed by atoms with Gasteiger partial charge in [0.2, 0.25) is 0 Å². The quantitative estimate of drug-likeness (QED) is 0.865. The Kier molecular flexibility index (Phi) is 3.65. The number of carboxylic acids is 1. The summed E-state index contributed by atoms with van der Waals surface area (Å²) in [5.74, 6) is -0.664. The molecule has 18 heavy (non-hydrogen) atoms. The molecule has 0 aliphatic heterocycles. The number of aliphatic carboxylic acids is 1. The first-order valence-electron chi connectivity index (χ1n) is 6.14. The first kappa shape index (κ1) is 12.6. The number of amides is 1. The molecule has 96 valence electrons. The Labute approximate surface area is 106 Å². The number of carbonyl (C=O) groups excluding carboxylic acids is 1. The van der Waals surface area contributed by atoms with Gasteiger partial charge < -0.3 is 10.0 Å². The van der Waals surface area contributed by atoms with Crippen molar-refractivity contribution in [2.24, 2.45) is 5.92 Å². The monoisotopic (exact) mass is 247 g/mol. The summed E-state index contributed by atoms with van der Waals surface area (Å²) in [4.78, 5) is 24.5. The van der Waals surface area contributed by atoms with E-state index in [-0.39, 0.29) is 12.5 Å². The highest BCUT2D eigenvalue weighted by atomic mass is 16.4. The molecule has 0 aromatic heterocycles. The van der Waals surface area contributed by atoms with Crippen LogP contribution in [0.15, 0.2) is 24.3 Å². The van der Waals surface area contributed by atoms with Gasteiger partial charge in [0.1, 0.15) is 6.54 Å². The lowest BCUT2D eigenvalue weighted by atomic mass is 10.1. The van der Waals surface area contributed by atoms with Crippen LogP contribution in [0.2, 0.25) is 0 Å². The molecule has 4 nitrogen and oxygen atoms in total. The fourth-order valence-corrected chi connectivity index (χ4v) is 1.96. The molecule has 0 heterocycles. The van der Waals surface area contributed by atoms with Gasteiger partial charge in [-0.2, -0.15) is 0 Å². The van der Waals surface area contributed by atoms with Crippen LogP contribution in [0, 0.1) is 12.8 Å². The van der Waals surface area contributed by atoms with Gasteiger partial charge in [0.05, 0.1) is 0 Å². The molecular weight excluding hydrogens is 230 g/mol. The number of nitrogens with zero attached hydrogens (tertiary/aromatic N) is 1. The van der Waals surface area contributed by atoms with E-state index in [1.807, 2.05) is 19.1 Å². The van der Waals surface area contributed by atoms with E-state index in [0.717, 1.165) is 18.4 Å². The van der Waals surface area contributed by atoms with Gasteiger partial charge in [0.15, 0.2) is 0 Å². The van der Waals surface area contributed by atoms with Crippen LogP contribution in [0.3, 0.4) is 0 Å². The third-order valence-electron chi connectivity index (χ3n) is 3.05. The Morgan fingerprint density at radius 3 is 2.67 bits per heavy atom. The Hall–Kier alpha value is -1.84. The summed E-state index contributed by atoms with van der Waals surface area (Å²) in [6.45, 7) is 2.25. The molecule has 4 heteroatoms. The number of aryl methyl sites for hydroxylation is 1. The number of benzene rings is 1. The van der Waals surface area contributed by atoms with Crippen LogP contribution in [0.1, 0.15) is 28.8 Å². The Balaban J connectivity index is 2.12. The molecule has 0 atom stereocenters. The number of rotatable bonds is 5. The zero-order valence-electron chi connectivity index (χ0n) is 10.4. The zero-order valence-corrected chi connectivity index (χ0v) is 10.4. The predicted octanol–water partition coefficient (Wildman–Crippen LogP) is 1.93. The second-order valence-corrected chi connectivity index (χ2v) is 4.89. The Morgan fingerprint density at radius 1 is 1.39 bits per heavy atom. The average Bonchev–Trinajstić information content (AvgIpc) is 3.10.